The van der Waals surface area contributed by atoms with E-state index in [1.165, 1.54) is 12.5 Å². The van der Waals surface area contributed by atoms with Crippen LogP contribution >= 0.6 is 0 Å². The molecular formula is C14H15NO3. The SMILES string of the molecule is CCOc1cccc(CNC(=O)c2ccoc2)c1. The van der Waals surface area contributed by atoms with Crippen molar-refractivity contribution in [2.75, 3.05) is 6.61 Å². The largest absolute Gasteiger partial charge is 0.494 e. The van der Waals surface area contributed by atoms with Crippen molar-refractivity contribution < 1.29 is 13.9 Å². The second-order valence-corrected chi connectivity index (χ2v) is 3.78. The van der Waals surface area contributed by atoms with Crippen molar-refractivity contribution in [2.24, 2.45) is 0 Å². The van der Waals surface area contributed by atoms with Crippen molar-refractivity contribution in [3.8, 4) is 5.75 Å². The van der Waals surface area contributed by atoms with E-state index in [-0.39, 0.29) is 5.91 Å². The fourth-order valence-corrected chi connectivity index (χ4v) is 1.59. The first kappa shape index (κ1) is 12.2. The van der Waals surface area contributed by atoms with Gasteiger partial charge in [-0.1, -0.05) is 12.1 Å². The van der Waals surface area contributed by atoms with Crippen LogP contribution in [0.3, 0.4) is 0 Å². The predicted molar refractivity (Wildman–Crippen MR) is 67.5 cm³/mol. The average Bonchev–Trinajstić information content (AvgIpc) is 2.91. The maximum absolute atomic E-state index is 11.7. The minimum atomic E-state index is -0.148. The maximum Gasteiger partial charge on any atom is 0.254 e. The van der Waals surface area contributed by atoms with E-state index in [1.807, 2.05) is 31.2 Å². The molecule has 0 unspecified atom stereocenters. The second kappa shape index (κ2) is 5.91. The Morgan fingerprint density at radius 2 is 2.28 bits per heavy atom. The van der Waals surface area contributed by atoms with Crippen LogP contribution in [0.4, 0.5) is 0 Å². The summed E-state index contributed by atoms with van der Waals surface area (Å²) >= 11 is 0. The van der Waals surface area contributed by atoms with Gasteiger partial charge < -0.3 is 14.5 Å². The molecule has 1 heterocycles. The molecule has 0 atom stereocenters. The number of nitrogens with one attached hydrogen (secondary N) is 1. The van der Waals surface area contributed by atoms with E-state index in [2.05, 4.69) is 5.32 Å². The van der Waals surface area contributed by atoms with Gasteiger partial charge >= 0.3 is 0 Å². The van der Waals surface area contributed by atoms with Gasteiger partial charge in [-0.05, 0) is 30.7 Å². The molecule has 0 aliphatic carbocycles. The summed E-state index contributed by atoms with van der Waals surface area (Å²) in [4.78, 5) is 11.7. The van der Waals surface area contributed by atoms with Crippen molar-refractivity contribution in [3.05, 3.63) is 54.0 Å². The van der Waals surface area contributed by atoms with Crippen molar-refractivity contribution >= 4 is 5.91 Å². The molecule has 1 amide bonds. The third-order valence-corrected chi connectivity index (χ3v) is 2.45. The Morgan fingerprint density at radius 1 is 1.39 bits per heavy atom. The monoisotopic (exact) mass is 245 g/mol. The van der Waals surface area contributed by atoms with Gasteiger partial charge in [-0.15, -0.1) is 0 Å². The Morgan fingerprint density at radius 3 is 3.00 bits per heavy atom. The van der Waals surface area contributed by atoms with E-state index in [9.17, 15) is 4.79 Å². The lowest BCUT2D eigenvalue weighted by atomic mass is 10.2. The Bertz CT molecular complexity index is 506. The standard InChI is InChI=1S/C14H15NO3/c1-2-18-13-5-3-4-11(8-13)9-15-14(16)12-6-7-17-10-12/h3-8,10H,2,9H2,1H3,(H,15,16). The van der Waals surface area contributed by atoms with Crippen LogP contribution in [-0.2, 0) is 6.54 Å². The first-order valence-corrected chi connectivity index (χ1v) is 5.81. The lowest BCUT2D eigenvalue weighted by Gasteiger charge is -2.07. The minimum Gasteiger partial charge on any atom is -0.494 e. The van der Waals surface area contributed by atoms with Gasteiger partial charge in [0.15, 0.2) is 0 Å². The molecule has 0 fully saturated rings. The van der Waals surface area contributed by atoms with E-state index >= 15 is 0 Å². The van der Waals surface area contributed by atoms with Crippen LogP contribution in [0.1, 0.15) is 22.8 Å². The molecule has 2 aromatic rings. The highest BCUT2D eigenvalue weighted by molar-refractivity contribution is 5.93. The molecule has 4 heteroatoms. The number of furan rings is 1. The third-order valence-electron chi connectivity index (χ3n) is 2.45. The summed E-state index contributed by atoms with van der Waals surface area (Å²) in [7, 11) is 0. The third kappa shape index (κ3) is 3.13. The smallest absolute Gasteiger partial charge is 0.254 e. The van der Waals surface area contributed by atoms with Crippen LogP contribution in [0.15, 0.2) is 47.3 Å². The molecule has 1 N–H and O–H groups in total. The van der Waals surface area contributed by atoms with E-state index in [0.29, 0.717) is 18.7 Å². The quantitative estimate of drug-likeness (QED) is 0.880. The molecule has 2 rings (SSSR count). The number of ether oxygens (including phenoxy) is 1. The summed E-state index contributed by atoms with van der Waals surface area (Å²) in [6, 6.07) is 9.29. The molecule has 0 saturated carbocycles. The van der Waals surface area contributed by atoms with Crippen LogP contribution in [0.25, 0.3) is 0 Å². The zero-order valence-electron chi connectivity index (χ0n) is 10.2. The summed E-state index contributed by atoms with van der Waals surface area (Å²) in [5, 5.41) is 2.82. The summed E-state index contributed by atoms with van der Waals surface area (Å²) in [6.45, 7) is 3.03. The predicted octanol–water partition coefficient (Wildman–Crippen LogP) is 2.61. The lowest BCUT2D eigenvalue weighted by molar-refractivity contribution is 0.0950. The zero-order chi connectivity index (χ0) is 12.8. The number of benzene rings is 1. The molecule has 94 valence electrons. The highest BCUT2D eigenvalue weighted by atomic mass is 16.5. The number of hydrogen-bond acceptors (Lipinski definition) is 3. The van der Waals surface area contributed by atoms with E-state index < -0.39 is 0 Å². The van der Waals surface area contributed by atoms with Crippen molar-refractivity contribution in [2.45, 2.75) is 13.5 Å². The van der Waals surface area contributed by atoms with Crippen molar-refractivity contribution in [1.29, 1.82) is 0 Å². The fraction of sp³-hybridized carbons (Fsp3) is 0.214. The van der Waals surface area contributed by atoms with Gasteiger partial charge in [0.2, 0.25) is 0 Å². The first-order valence-electron chi connectivity index (χ1n) is 5.81. The van der Waals surface area contributed by atoms with Crippen LogP contribution in [0, 0.1) is 0 Å². The van der Waals surface area contributed by atoms with Crippen LogP contribution < -0.4 is 10.1 Å². The molecular weight excluding hydrogens is 230 g/mol. The topological polar surface area (TPSA) is 51.5 Å². The van der Waals surface area contributed by atoms with Gasteiger partial charge in [0, 0.05) is 6.54 Å². The van der Waals surface area contributed by atoms with Crippen LogP contribution in [0.5, 0.6) is 5.75 Å². The Balaban J connectivity index is 1.93. The summed E-state index contributed by atoms with van der Waals surface area (Å²) in [5.74, 6) is 0.665. The number of carbonyl (C=O) groups is 1. The molecule has 0 aliphatic heterocycles. The molecule has 1 aromatic heterocycles. The number of carbonyl (C=O) groups excluding carboxylic acids is 1. The summed E-state index contributed by atoms with van der Waals surface area (Å²) < 4.78 is 10.3. The number of hydrogen-bond donors (Lipinski definition) is 1. The molecule has 0 bridgehead atoms. The molecule has 0 aliphatic rings. The molecule has 18 heavy (non-hydrogen) atoms. The Hall–Kier alpha value is -2.23. The van der Waals surface area contributed by atoms with Gasteiger partial charge in [-0.3, -0.25) is 4.79 Å². The van der Waals surface area contributed by atoms with Gasteiger partial charge in [-0.25, -0.2) is 0 Å². The average molecular weight is 245 g/mol. The highest BCUT2D eigenvalue weighted by Gasteiger charge is 2.06. The zero-order valence-corrected chi connectivity index (χ0v) is 10.2. The molecule has 1 aromatic carbocycles. The van der Waals surface area contributed by atoms with Gasteiger partial charge in [0.05, 0.1) is 18.4 Å². The van der Waals surface area contributed by atoms with E-state index in [1.54, 1.807) is 6.07 Å². The van der Waals surface area contributed by atoms with Gasteiger partial charge in [-0.2, -0.15) is 0 Å². The number of rotatable bonds is 5. The van der Waals surface area contributed by atoms with E-state index in [4.69, 9.17) is 9.15 Å². The maximum atomic E-state index is 11.7. The fourth-order valence-electron chi connectivity index (χ4n) is 1.59. The van der Waals surface area contributed by atoms with Crippen molar-refractivity contribution in [3.63, 3.8) is 0 Å². The lowest BCUT2D eigenvalue weighted by Crippen LogP contribution is -2.22. The first-order chi connectivity index (χ1) is 8.79. The highest BCUT2D eigenvalue weighted by Crippen LogP contribution is 2.13. The van der Waals surface area contributed by atoms with Gasteiger partial charge in [0.25, 0.3) is 5.91 Å². The number of amides is 1. The minimum absolute atomic E-state index is 0.148. The van der Waals surface area contributed by atoms with Gasteiger partial charge in [0.1, 0.15) is 12.0 Å². The summed E-state index contributed by atoms with van der Waals surface area (Å²) in [5.41, 5.74) is 1.52. The Labute approximate surface area is 106 Å². The van der Waals surface area contributed by atoms with Crippen LogP contribution in [-0.4, -0.2) is 12.5 Å². The second-order valence-electron chi connectivity index (χ2n) is 3.78. The molecule has 0 spiro atoms. The summed E-state index contributed by atoms with van der Waals surface area (Å²) in [6.07, 6.45) is 2.90. The normalized spacial score (nSPS) is 10.1. The van der Waals surface area contributed by atoms with E-state index in [0.717, 1.165) is 11.3 Å². The molecule has 0 radical (unpaired) electrons. The Kier molecular flexibility index (Phi) is 4.02. The molecule has 4 nitrogen and oxygen atoms in total. The molecule has 0 saturated heterocycles. The van der Waals surface area contributed by atoms with Crippen molar-refractivity contribution in [1.82, 2.24) is 5.32 Å². The van der Waals surface area contributed by atoms with Crippen LogP contribution in [0.2, 0.25) is 0 Å².